The Morgan fingerprint density at radius 3 is 2.81 bits per heavy atom. The van der Waals surface area contributed by atoms with Gasteiger partial charge in [0.05, 0.1) is 11.2 Å². The van der Waals surface area contributed by atoms with E-state index in [-0.39, 0.29) is 11.6 Å². The lowest BCUT2D eigenvalue weighted by Crippen LogP contribution is -2.34. The smallest absolute Gasteiger partial charge is 0.304 e. The van der Waals surface area contributed by atoms with Gasteiger partial charge in [-0.25, -0.2) is 0 Å². The molecule has 0 aliphatic carbocycles. The highest BCUT2D eigenvalue weighted by atomic mass is 19.1. The zero-order chi connectivity index (χ0) is 15.4. The zero-order valence-corrected chi connectivity index (χ0v) is 11.2. The highest BCUT2D eigenvalue weighted by Gasteiger charge is 2.18. The summed E-state index contributed by atoms with van der Waals surface area (Å²) in [5, 5.41) is 13.2. The molecule has 1 unspecified atom stereocenters. The number of carbonyl (C=O) groups is 1. The molecule has 0 radical (unpaired) electrons. The summed E-state index contributed by atoms with van der Waals surface area (Å²) in [6, 6.07) is 6.36. The molecule has 1 aromatic heterocycles. The van der Waals surface area contributed by atoms with Crippen molar-refractivity contribution in [3.05, 3.63) is 63.9 Å². The number of nitro benzene ring substituents is 1. The summed E-state index contributed by atoms with van der Waals surface area (Å²) in [6.45, 7) is 1.78. The first-order valence-electron chi connectivity index (χ1n) is 6.24. The van der Waals surface area contributed by atoms with Gasteiger partial charge in [0.2, 0.25) is 5.82 Å². The van der Waals surface area contributed by atoms with Crippen LogP contribution in [0.4, 0.5) is 10.1 Å². The van der Waals surface area contributed by atoms with Crippen molar-refractivity contribution < 1.29 is 18.5 Å². The fourth-order valence-corrected chi connectivity index (χ4v) is 1.88. The van der Waals surface area contributed by atoms with E-state index in [0.29, 0.717) is 6.42 Å². The molecule has 1 heterocycles. The predicted octanol–water partition coefficient (Wildman–Crippen LogP) is 2.69. The summed E-state index contributed by atoms with van der Waals surface area (Å²) in [5.74, 6) is -0.813. The van der Waals surface area contributed by atoms with Crippen LogP contribution in [-0.2, 0) is 6.42 Å². The fourth-order valence-electron chi connectivity index (χ4n) is 1.88. The van der Waals surface area contributed by atoms with Crippen molar-refractivity contribution >= 4 is 11.6 Å². The van der Waals surface area contributed by atoms with Gasteiger partial charge in [-0.2, -0.15) is 4.39 Å². The van der Waals surface area contributed by atoms with E-state index in [1.807, 2.05) is 0 Å². The number of furan rings is 1. The Morgan fingerprint density at radius 2 is 2.24 bits per heavy atom. The summed E-state index contributed by atoms with van der Waals surface area (Å²) in [4.78, 5) is 21.6. The lowest BCUT2D eigenvalue weighted by molar-refractivity contribution is -0.387. The summed E-state index contributed by atoms with van der Waals surface area (Å²) < 4.78 is 18.6. The van der Waals surface area contributed by atoms with Crippen LogP contribution in [0, 0.1) is 15.9 Å². The van der Waals surface area contributed by atoms with Gasteiger partial charge in [0.25, 0.3) is 5.91 Å². The molecule has 1 amide bonds. The van der Waals surface area contributed by atoms with Crippen LogP contribution < -0.4 is 5.32 Å². The molecule has 2 rings (SSSR count). The SMILES string of the molecule is CC(Cc1ccco1)NC(=O)c1ccc([N+](=O)[O-])c(F)c1. The van der Waals surface area contributed by atoms with Gasteiger partial charge in [-0.1, -0.05) is 0 Å². The standard InChI is InChI=1S/C14H13FN2O4/c1-9(7-11-3-2-6-21-11)16-14(18)10-4-5-13(17(19)20)12(15)8-10/h2-6,8-9H,7H2,1H3,(H,16,18). The minimum Gasteiger partial charge on any atom is -0.469 e. The molecular weight excluding hydrogens is 279 g/mol. The number of amides is 1. The molecule has 2 aromatic rings. The van der Waals surface area contributed by atoms with Crippen LogP contribution in [0.3, 0.4) is 0 Å². The van der Waals surface area contributed by atoms with Crippen molar-refractivity contribution in [3.63, 3.8) is 0 Å². The molecule has 1 N–H and O–H groups in total. The second-order valence-corrected chi connectivity index (χ2v) is 4.58. The van der Waals surface area contributed by atoms with Crippen molar-refractivity contribution in [1.29, 1.82) is 0 Å². The number of hydrogen-bond donors (Lipinski definition) is 1. The van der Waals surface area contributed by atoms with Crippen LogP contribution in [0.1, 0.15) is 23.0 Å². The van der Waals surface area contributed by atoms with Gasteiger partial charge in [-0.15, -0.1) is 0 Å². The van der Waals surface area contributed by atoms with Gasteiger partial charge in [0.15, 0.2) is 0 Å². The molecule has 0 saturated carbocycles. The number of rotatable bonds is 5. The van der Waals surface area contributed by atoms with Gasteiger partial charge in [0, 0.05) is 24.1 Å². The molecule has 0 saturated heterocycles. The Labute approximate surface area is 119 Å². The van der Waals surface area contributed by atoms with E-state index in [9.17, 15) is 19.3 Å². The lowest BCUT2D eigenvalue weighted by atomic mass is 10.1. The van der Waals surface area contributed by atoms with Crippen molar-refractivity contribution in [2.45, 2.75) is 19.4 Å². The van der Waals surface area contributed by atoms with Crippen molar-refractivity contribution in [1.82, 2.24) is 5.32 Å². The second kappa shape index (κ2) is 6.17. The number of carbonyl (C=O) groups excluding carboxylic acids is 1. The van der Waals surface area contributed by atoms with E-state index >= 15 is 0 Å². The third-order valence-corrected chi connectivity index (χ3v) is 2.87. The molecule has 7 heteroatoms. The van der Waals surface area contributed by atoms with Crippen LogP contribution in [0.2, 0.25) is 0 Å². The summed E-state index contributed by atoms with van der Waals surface area (Å²) in [7, 11) is 0. The maximum Gasteiger partial charge on any atom is 0.304 e. The van der Waals surface area contributed by atoms with E-state index in [0.717, 1.165) is 17.9 Å². The summed E-state index contributed by atoms with van der Waals surface area (Å²) in [5.41, 5.74) is -0.625. The van der Waals surface area contributed by atoms with Gasteiger partial charge in [0.1, 0.15) is 5.76 Å². The number of nitro groups is 1. The van der Waals surface area contributed by atoms with Crippen LogP contribution in [0.5, 0.6) is 0 Å². The van der Waals surface area contributed by atoms with Crippen molar-refractivity contribution in [2.75, 3.05) is 0 Å². The Bertz CT molecular complexity index is 655. The quantitative estimate of drug-likeness (QED) is 0.678. The molecular formula is C14H13FN2O4. The lowest BCUT2D eigenvalue weighted by Gasteiger charge is -2.12. The maximum atomic E-state index is 13.5. The first-order chi connectivity index (χ1) is 9.97. The maximum absolute atomic E-state index is 13.5. The highest BCUT2D eigenvalue weighted by Crippen LogP contribution is 2.18. The molecule has 0 spiro atoms. The molecule has 21 heavy (non-hydrogen) atoms. The zero-order valence-electron chi connectivity index (χ0n) is 11.2. The van der Waals surface area contributed by atoms with Crippen LogP contribution in [-0.4, -0.2) is 16.9 Å². The number of halogens is 1. The molecule has 6 nitrogen and oxygen atoms in total. The molecule has 0 bridgehead atoms. The fraction of sp³-hybridized carbons (Fsp3) is 0.214. The Kier molecular flexibility index (Phi) is 4.32. The average Bonchev–Trinajstić information content (AvgIpc) is 2.90. The second-order valence-electron chi connectivity index (χ2n) is 4.58. The predicted molar refractivity (Wildman–Crippen MR) is 72.4 cm³/mol. The van der Waals surface area contributed by atoms with Crippen LogP contribution >= 0.6 is 0 Å². The largest absolute Gasteiger partial charge is 0.469 e. The van der Waals surface area contributed by atoms with Gasteiger partial charge in [-0.05, 0) is 31.2 Å². The molecule has 1 atom stereocenters. The van der Waals surface area contributed by atoms with E-state index in [1.165, 1.54) is 12.3 Å². The monoisotopic (exact) mass is 292 g/mol. The third kappa shape index (κ3) is 3.65. The number of benzene rings is 1. The van der Waals surface area contributed by atoms with Gasteiger partial charge in [-0.3, -0.25) is 14.9 Å². The average molecular weight is 292 g/mol. The minimum absolute atomic E-state index is 0.0318. The molecule has 0 aliphatic rings. The van der Waals surface area contributed by atoms with E-state index < -0.39 is 22.3 Å². The molecule has 0 aliphatic heterocycles. The molecule has 1 aromatic carbocycles. The number of nitrogens with one attached hydrogen (secondary N) is 1. The number of nitrogens with zero attached hydrogens (tertiary/aromatic N) is 1. The normalized spacial score (nSPS) is 11.9. The van der Waals surface area contributed by atoms with E-state index in [4.69, 9.17) is 4.42 Å². The van der Waals surface area contributed by atoms with Gasteiger partial charge < -0.3 is 9.73 Å². The Balaban J connectivity index is 2.03. The number of hydrogen-bond acceptors (Lipinski definition) is 4. The Hall–Kier alpha value is -2.70. The third-order valence-electron chi connectivity index (χ3n) is 2.87. The van der Waals surface area contributed by atoms with E-state index in [2.05, 4.69) is 5.32 Å². The molecule has 0 fully saturated rings. The Morgan fingerprint density at radius 1 is 1.48 bits per heavy atom. The van der Waals surface area contributed by atoms with Gasteiger partial charge >= 0.3 is 5.69 Å². The first kappa shape index (κ1) is 14.7. The van der Waals surface area contributed by atoms with E-state index in [1.54, 1.807) is 19.1 Å². The first-order valence-corrected chi connectivity index (χ1v) is 6.24. The van der Waals surface area contributed by atoms with Crippen LogP contribution in [0.15, 0.2) is 41.0 Å². The minimum atomic E-state index is -1.04. The highest BCUT2D eigenvalue weighted by molar-refractivity contribution is 5.94. The van der Waals surface area contributed by atoms with Crippen molar-refractivity contribution in [2.24, 2.45) is 0 Å². The topological polar surface area (TPSA) is 85.4 Å². The molecule has 110 valence electrons. The summed E-state index contributed by atoms with van der Waals surface area (Å²) >= 11 is 0. The van der Waals surface area contributed by atoms with Crippen LogP contribution in [0.25, 0.3) is 0 Å². The van der Waals surface area contributed by atoms with Crippen molar-refractivity contribution in [3.8, 4) is 0 Å². The summed E-state index contributed by atoms with van der Waals surface area (Å²) in [6.07, 6.45) is 2.03.